The van der Waals surface area contributed by atoms with Gasteiger partial charge in [0.25, 0.3) is 0 Å². The van der Waals surface area contributed by atoms with E-state index >= 15 is 0 Å². The predicted molar refractivity (Wildman–Crippen MR) is 65.9 cm³/mol. The fourth-order valence-corrected chi connectivity index (χ4v) is 1.50. The Balaban J connectivity index is 1.97. The van der Waals surface area contributed by atoms with E-state index in [4.69, 9.17) is 0 Å². The summed E-state index contributed by atoms with van der Waals surface area (Å²) in [4.78, 5) is 15.3. The second-order valence-corrected chi connectivity index (χ2v) is 3.89. The minimum absolute atomic E-state index is 0.0356. The molecule has 6 nitrogen and oxygen atoms in total. The molecule has 2 aromatic heterocycles. The van der Waals surface area contributed by atoms with Gasteiger partial charge in [0, 0.05) is 12.6 Å². The van der Waals surface area contributed by atoms with Crippen LogP contribution in [0.1, 0.15) is 25.5 Å². The van der Waals surface area contributed by atoms with Crippen LogP contribution in [0.3, 0.4) is 0 Å². The summed E-state index contributed by atoms with van der Waals surface area (Å²) in [6.45, 7) is 2.37. The first-order valence-corrected chi connectivity index (χ1v) is 5.88. The van der Waals surface area contributed by atoms with Crippen molar-refractivity contribution in [3.8, 4) is 5.69 Å². The van der Waals surface area contributed by atoms with Gasteiger partial charge in [0.1, 0.15) is 5.69 Å². The average molecular weight is 245 g/mol. The number of nitrogens with one attached hydrogen (secondary N) is 1. The summed E-state index contributed by atoms with van der Waals surface area (Å²) in [7, 11) is 0. The molecule has 1 amide bonds. The Hall–Kier alpha value is -2.24. The third-order valence-corrected chi connectivity index (χ3v) is 2.40. The molecule has 0 fully saturated rings. The van der Waals surface area contributed by atoms with E-state index in [0.29, 0.717) is 13.0 Å². The van der Waals surface area contributed by atoms with Crippen LogP contribution in [0.5, 0.6) is 0 Å². The number of hydrogen-bond acceptors (Lipinski definition) is 4. The largest absolute Gasteiger partial charge is 0.350 e. The fourth-order valence-electron chi connectivity index (χ4n) is 1.50. The van der Waals surface area contributed by atoms with Gasteiger partial charge < -0.3 is 5.32 Å². The Bertz CT molecular complexity index is 508. The van der Waals surface area contributed by atoms with E-state index in [0.717, 1.165) is 17.8 Å². The van der Waals surface area contributed by atoms with Crippen LogP contribution in [0.25, 0.3) is 5.69 Å². The van der Waals surface area contributed by atoms with E-state index in [1.165, 1.54) is 0 Å². The van der Waals surface area contributed by atoms with Crippen LogP contribution in [0.2, 0.25) is 0 Å². The SMILES string of the molecule is CCCC(=O)NCc1cn(-c2cccnc2)nn1. The molecule has 2 rings (SSSR count). The van der Waals surface area contributed by atoms with Crippen molar-refractivity contribution in [1.82, 2.24) is 25.3 Å². The summed E-state index contributed by atoms with van der Waals surface area (Å²) in [5, 5.41) is 10.8. The first-order valence-electron chi connectivity index (χ1n) is 5.88. The van der Waals surface area contributed by atoms with E-state index < -0.39 is 0 Å². The summed E-state index contributed by atoms with van der Waals surface area (Å²) >= 11 is 0. The maximum absolute atomic E-state index is 11.3. The molecule has 6 heteroatoms. The Labute approximate surface area is 105 Å². The van der Waals surface area contributed by atoms with Crippen molar-refractivity contribution in [3.05, 3.63) is 36.4 Å². The second-order valence-electron chi connectivity index (χ2n) is 3.89. The lowest BCUT2D eigenvalue weighted by Crippen LogP contribution is -2.22. The van der Waals surface area contributed by atoms with Crippen LogP contribution in [0.15, 0.2) is 30.7 Å². The van der Waals surface area contributed by atoms with Gasteiger partial charge in [-0.15, -0.1) is 5.10 Å². The van der Waals surface area contributed by atoms with Crippen LogP contribution in [-0.4, -0.2) is 25.9 Å². The highest BCUT2D eigenvalue weighted by atomic mass is 16.1. The first-order chi connectivity index (χ1) is 8.79. The number of carbonyl (C=O) groups excluding carboxylic acids is 1. The highest BCUT2D eigenvalue weighted by molar-refractivity contribution is 5.75. The van der Waals surface area contributed by atoms with E-state index in [-0.39, 0.29) is 5.91 Å². The Morgan fingerprint density at radius 1 is 1.50 bits per heavy atom. The topological polar surface area (TPSA) is 72.7 Å². The molecule has 0 aliphatic rings. The van der Waals surface area contributed by atoms with Gasteiger partial charge in [-0.05, 0) is 18.6 Å². The lowest BCUT2D eigenvalue weighted by Gasteiger charge is -2.00. The number of aromatic nitrogens is 4. The standard InChI is InChI=1S/C12H15N5O/c1-2-4-12(18)14-7-10-9-17(16-15-10)11-5-3-6-13-8-11/h3,5-6,8-9H,2,4,7H2,1H3,(H,14,18). The van der Waals surface area contributed by atoms with Gasteiger partial charge in [0.15, 0.2) is 0 Å². The number of pyridine rings is 1. The molecular weight excluding hydrogens is 230 g/mol. The third-order valence-electron chi connectivity index (χ3n) is 2.40. The lowest BCUT2D eigenvalue weighted by molar-refractivity contribution is -0.121. The summed E-state index contributed by atoms with van der Waals surface area (Å²) < 4.78 is 1.63. The van der Waals surface area contributed by atoms with Crippen molar-refractivity contribution < 1.29 is 4.79 Å². The summed E-state index contributed by atoms with van der Waals surface area (Å²) in [6, 6.07) is 3.72. The molecule has 2 aromatic rings. The number of rotatable bonds is 5. The fraction of sp³-hybridized carbons (Fsp3) is 0.333. The molecule has 2 heterocycles. The maximum Gasteiger partial charge on any atom is 0.220 e. The molecule has 18 heavy (non-hydrogen) atoms. The van der Waals surface area contributed by atoms with Crippen LogP contribution >= 0.6 is 0 Å². The predicted octanol–water partition coefficient (Wildman–Crippen LogP) is 1.08. The van der Waals surface area contributed by atoms with E-state index in [1.54, 1.807) is 23.3 Å². The molecule has 0 unspecified atom stereocenters. The molecule has 0 saturated carbocycles. The third kappa shape index (κ3) is 3.13. The van der Waals surface area contributed by atoms with Crippen molar-refractivity contribution in [3.63, 3.8) is 0 Å². The Kier molecular flexibility index (Phi) is 4.01. The van der Waals surface area contributed by atoms with E-state index in [2.05, 4.69) is 20.6 Å². The van der Waals surface area contributed by atoms with Crippen molar-refractivity contribution in [2.75, 3.05) is 0 Å². The first kappa shape index (κ1) is 12.2. The maximum atomic E-state index is 11.3. The molecule has 0 aliphatic heterocycles. The van der Waals surface area contributed by atoms with Crippen molar-refractivity contribution in [1.29, 1.82) is 0 Å². The number of amides is 1. The average Bonchev–Trinajstić information content (AvgIpc) is 2.87. The molecule has 0 bridgehead atoms. The molecule has 94 valence electrons. The smallest absolute Gasteiger partial charge is 0.220 e. The van der Waals surface area contributed by atoms with Gasteiger partial charge in [-0.1, -0.05) is 12.1 Å². The zero-order valence-corrected chi connectivity index (χ0v) is 10.2. The van der Waals surface area contributed by atoms with Gasteiger partial charge in [-0.2, -0.15) is 0 Å². The second kappa shape index (κ2) is 5.90. The highest BCUT2D eigenvalue weighted by Gasteiger charge is 2.04. The van der Waals surface area contributed by atoms with E-state index in [9.17, 15) is 4.79 Å². The summed E-state index contributed by atoms with van der Waals surface area (Å²) in [5.41, 5.74) is 1.57. The van der Waals surface area contributed by atoms with Crippen LogP contribution in [0.4, 0.5) is 0 Å². The van der Waals surface area contributed by atoms with Crippen LogP contribution in [0, 0.1) is 0 Å². The zero-order valence-electron chi connectivity index (χ0n) is 10.2. The number of nitrogens with zero attached hydrogens (tertiary/aromatic N) is 4. The molecule has 0 aliphatic carbocycles. The van der Waals surface area contributed by atoms with Gasteiger partial charge >= 0.3 is 0 Å². The highest BCUT2D eigenvalue weighted by Crippen LogP contribution is 2.03. The molecule has 0 aromatic carbocycles. The van der Waals surface area contributed by atoms with E-state index in [1.807, 2.05) is 19.1 Å². The normalized spacial score (nSPS) is 10.3. The Morgan fingerprint density at radius 3 is 3.11 bits per heavy atom. The monoisotopic (exact) mass is 245 g/mol. The minimum atomic E-state index is 0.0356. The molecule has 0 radical (unpaired) electrons. The quantitative estimate of drug-likeness (QED) is 0.855. The van der Waals surface area contributed by atoms with Crippen LogP contribution in [-0.2, 0) is 11.3 Å². The zero-order chi connectivity index (χ0) is 12.8. The van der Waals surface area contributed by atoms with Crippen LogP contribution < -0.4 is 5.32 Å². The molecule has 0 saturated heterocycles. The summed E-state index contributed by atoms with van der Waals surface area (Å²) in [5.74, 6) is 0.0356. The van der Waals surface area contributed by atoms with Gasteiger partial charge in [0.05, 0.1) is 24.6 Å². The van der Waals surface area contributed by atoms with Crippen molar-refractivity contribution in [2.24, 2.45) is 0 Å². The lowest BCUT2D eigenvalue weighted by atomic mass is 10.3. The minimum Gasteiger partial charge on any atom is -0.350 e. The Morgan fingerprint density at radius 2 is 2.39 bits per heavy atom. The van der Waals surface area contributed by atoms with Crippen molar-refractivity contribution >= 4 is 5.91 Å². The number of carbonyl (C=O) groups is 1. The van der Waals surface area contributed by atoms with Gasteiger partial charge in [-0.25, -0.2) is 4.68 Å². The molecule has 0 atom stereocenters. The molecule has 0 spiro atoms. The number of hydrogen-bond donors (Lipinski definition) is 1. The van der Waals surface area contributed by atoms with Crippen molar-refractivity contribution in [2.45, 2.75) is 26.3 Å². The molecule has 1 N–H and O–H groups in total. The molecular formula is C12H15N5O. The van der Waals surface area contributed by atoms with Gasteiger partial charge in [0.2, 0.25) is 5.91 Å². The van der Waals surface area contributed by atoms with Gasteiger partial charge in [-0.3, -0.25) is 9.78 Å². The summed E-state index contributed by atoms with van der Waals surface area (Å²) in [6.07, 6.45) is 6.56.